The van der Waals surface area contributed by atoms with Gasteiger partial charge in [-0.15, -0.1) is 0 Å². The van der Waals surface area contributed by atoms with E-state index >= 15 is 0 Å². The first kappa shape index (κ1) is 14.6. The maximum Gasteiger partial charge on any atom is 0.126 e. The molecule has 0 bridgehead atoms. The number of aryl methyl sites for hydroxylation is 1. The van der Waals surface area contributed by atoms with Crippen LogP contribution in [-0.2, 0) is 13.1 Å². The van der Waals surface area contributed by atoms with E-state index in [0.717, 1.165) is 37.6 Å². The fourth-order valence-electron chi connectivity index (χ4n) is 2.16. The van der Waals surface area contributed by atoms with E-state index < -0.39 is 0 Å². The van der Waals surface area contributed by atoms with Gasteiger partial charge in [0.05, 0.1) is 6.26 Å². The lowest BCUT2D eigenvalue weighted by molar-refractivity contribution is 0.316. The van der Waals surface area contributed by atoms with Crippen molar-refractivity contribution in [2.24, 2.45) is 0 Å². The highest BCUT2D eigenvalue weighted by Gasteiger charge is 2.06. The Kier molecular flexibility index (Phi) is 5.18. The zero-order chi connectivity index (χ0) is 14.4. The Balaban J connectivity index is 1.93. The predicted molar refractivity (Wildman–Crippen MR) is 81.6 cm³/mol. The second kappa shape index (κ2) is 7.10. The van der Waals surface area contributed by atoms with E-state index in [1.165, 1.54) is 11.1 Å². The fourth-order valence-corrected chi connectivity index (χ4v) is 2.16. The van der Waals surface area contributed by atoms with Gasteiger partial charge >= 0.3 is 0 Å². The third kappa shape index (κ3) is 4.10. The maximum atomic E-state index is 5.33. The van der Waals surface area contributed by atoms with Crippen LogP contribution in [0.1, 0.15) is 30.2 Å². The summed E-state index contributed by atoms with van der Waals surface area (Å²) >= 11 is 0. The van der Waals surface area contributed by atoms with Crippen molar-refractivity contribution in [3.63, 3.8) is 0 Å². The van der Waals surface area contributed by atoms with Crippen LogP contribution in [0.15, 0.2) is 35.1 Å². The molecule has 0 radical (unpaired) electrons. The van der Waals surface area contributed by atoms with Crippen LogP contribution in [0.5, 0.6) is 0 Å². The number of hydrogen-bond donors (Lipinski definition) is 1. The molecule has 0 saturated carbocycles. The van der Waals surface area contributed by atoms with Gasteiger partial charge in [-0.3, -0.25) is 4.90 Å². The molecule has 2 heterocycles. The Morgan fingerprint density at radius 1 is 1.30 bits per heavy atom. The normalized spacial score (nSPS) is 11.0. The van der Waals surface area contributed by atoms with Crippen molar-refractivity contribution < 1.29 is 4.42 Å². The SMILES string of the molecule is CCCNc1cc(CN(C)Cc2ccoc2C)ccn1. The molecule has 2 aromatic heterocycles. The number of anilines is 1. The molecule has 0 aliphatic carbocycles. The minimum atomic E-state index is 0.891. The molecule has 0 atom stereocenters. The summed E-state index contributed by atoms with van der Waals surface area (Å²) < 4.78 is 5.33. The first-order valence-corrected chi connectivity index (χ1v) is 7.09. The molecule has 0 saturated heterocycles. The van der Waals surface area contributed by atoms with Gasteiger partial charge in [0, 0.05) is 31.4 Å². The highest BCUT2D eigenvalue weighted by atomic mass is 16.3. The van der Waals surface area contributed by atoms with Gasteiger partial charge in [0.2, 0.25) is 0 Å². The molecule has 4 heteroatoms. The molecular weight excluding hydrogens is 250 g/mol. The molecule has 2 rings (SSSR count). The van der Waals surface area contributed by atoms with E-state index in [2.05, 4.69) is 41.3 Å². The third-order valence-electron chi connectivity index (χ3n) is 3.24. The van der Waals surface area contributed by atoms with Crippen molar-refractivity contribution in [3.8, 4) is 0 Å². The smallest absolute Gasteiger partial charge is 0.126 e. The van der Waals surface area contributed by atoms with Gasteiger partial charge in [-0.05, 0) is 44.2 Å². The molecule has 0 aromatic carbocycles. The Labute approximate surface area is 120 Å². The summed E-state index contributed by atoms with van der Waals surface area (Å²) in [5, 5.41) is 3.32. The van der Waals surface area contributed by atoms with Crippen LogP contribution in [0.4, 0.5) is 5.82 Å². The summed E-state index contributed by atoms with van der Waals surface area (Å²) in [6, 6.07) is 6.22. The van der Waals surface area contributed by atoms with Crippen molar-refractivity contribution in [1.82, 2.24) is 9.88 Å². The Hall–Kier alpha value is -1.81. The topological polar surface area (TPSA) is 41.3 Å². The molecule has 0 spiro atoms. The van der Waals surface area contributed by atoms with Gasteiger partial charge in [0.25, 0.3) is 0 Å². The number of nitrogens with one attached hydrogen (secondary N) is 1. The Morgan fingerprint density at radius 2 is 2.15 bits per heavy atom. The fraction of sp³-hybridized carbons (Fsp3) is 0.438. The number of hydrogen-bond acceptors (Lipinski definition) is 4. The lowest BCUT2D eigenvalue weighted by atomic mass is 10.2. The van der Waals surface area contributed by atoms with Crippen molar-refractivity contribution in [2.75, 3.05) is 18.9 Å². The number of rotatable bonds is 7. The van der Waals surface area contributed by atoms with Gasteiger partial charge < -0.3 is 9.73 Å². The lowest BCUT2D eigenvalue weighted by Gasteiger charge is -2.16. The van der Waals surface area contributed by atoms with Crippen LogP contribution in [0.3, 0.4) is 0 Å². The highest BCUT2D eigenvalue weighted by Crippen LogP contribution is 2.14. The minimum Gasteiger partial charge on any atom is -0.469 e. The summed E-state index contributed by atoms with van der Waals surface area (Å²) in [4.78, 5) is 6.60. The number of aromatic nitrogens is 1. The van der Waals surface area contributed by atoms with Crippen LogP contribution in [0.2, 0.25) is 0 Å². The van der Waals surface area contributed by atoms with Crippen molar-refractivity contribution in [2.45, 2.75) is 33.4 Å². The molecule has 20 heavy (non-hydrogen) atoms. The molecule has 0 unspecified atom stereocenters. The van der Waals surface area contributed by atoms with Gasteiger partial charge in [-0.1, -0.05) is 6.92 Å². The molecule has 1 N–H and O–H groups in total. The number of nitrogens with zero attached hydrogens (tertiary/aromatic N) is 2. The van der Waals surface area contributed by atoms with E-state index in [0.29, 0.717) is 0 Å². The van der Waals surface area contributed by atoms with Crippen molar-refractivity contribution in [3.05, 3.63) is 47.5 Å². The molecule has 0 fully saturated rings. The van der Waals surface area contributed by atoms with Crippen LogP contribution < -0.4 is 5.32 Å². The summed E-state index contributed by atoms with van der Waals surface area (Å²) in [6.45, 7) is 6.90. The molecule has 4 nitrogen and oxygen atoms in total. The van der Waals surface area contributed by atoms with E-state index in [9.17, 15) is 0 Å². The average molecular weight is 273 g/mol. The molecule has 0 amide bonds. The van der Waals surface area contributed by atoms with Crippen LogP contribution in [0.25, 0.3) is 0 Å². The maximum absolute atomic E-state index is 5.33. The van der Waals surface area contributed by atoms with Crippen molar-refractivity contribution >= 4 is 5.82 Å². The Bertz CT molecular complexity index is 536. The van der Waals surface area contributed by atoms with Crippen molar-refractivity contribution in [1.29, 1.82) is 0 Å². The van der Waals surface area contributed by atoms with Gasteiger partial charge in [0.15, 0.2) is 0 Å². The minimum absolute atomic E-state index is 0.891. The standard InChI is InChI=1S/C16H23N3O/c1-4-7-17-16-10-14(5-8-18-16)11-19(3)12-15-6-9-20-13(15)2/h5-6,8-10H,4,7,11-12H2,1-3H3,(H,17,18). The summed E-state index contributed by atoms with van der Waals surface area (Å²) in [7, 11) is 2.12. The van der Waals surface area contributed by atoms with E-state index in [4.69, 9.17) is 4.42 Å². The molecule has 108 valence electrons. The van der Waals surface area contributed by atoms with E-state index in [1.54, 1.807) is 6.26 Å². The first-order chi connectivity index (χ1) is 9.69. The summed E-state index contributed by atoms with van der Waals surface area (Å²) in [5.41, 5.74) is 2.51. The Morgan fingerprint density at radius 3 is 2.85 bits per heavy atom. The summed E-state index contributed by atoms with van der Waals surface area (Å²) in [5.74, 6) is 1.95. The van der Waals surface area contributed by atoms with E-state index in [-0.39, 0.29) is 0 Å². The number of furan rings is 1. The van der Waals surface area contributed by atoms with Gasteiger partial charge in [0.1, 0.15) is 11.6 Å². The number of pyridine rings is 1. The van der Waals surface area contributed by atoms with Gasteiger partial charge in [-0.25, -0.2) is 4.98 Å². The summed E-state index contributed by atoms with van der Waals surface area (Å²) in [6.07, 6.45) is 4.72. The predicted octanol–water partition coefficient (Wildman–Crippen LogP) is 3.44. The van der Waals surface area contributed by atoms with Gasteiger partial charge in [-0.2, -0.15) is 0 Å². The molecule has 2 aromatic rings. The highest BCUT2D eigenvalue weighted by molar-refractivity contribution is 5.37. The van der Waals surface area contributed by atoms with Crippen LogP contribution in [0, 0.1) is 6.92 Å². The third-order valence-corrected chi connectivity index (χ3v) is 3.24. The lowest BCUT2D eigenvalue weighted by Crippen LogP contribution is -2.17. The average Bonchev–Trinajstić information content (AvgIpc) is 2.82. The zero-order valence-electron chi connectivity index (χ0n) is 12.5. The molecule has 0 aliphatic heterocycles. The monoisotopic (exact) mass is 273 g/mol. The molecule has 0 aliphatic rings. The molecular formula is C16H23N3O. The first-order valence-electron chi connectivity index (χ1n) is 7.09. The zero-order valence-corrected chi connectivity index (χ0v) is 12.5. The van der Waals surface area contributed by atoms with Crippen LogP contribution in [-0.4, -0.2) is 23.5 Å². The second-order valence-corrected chi connectivity index (χ2v) is 5.15. The second-order valence-electron chi connectivity index (χ2n) is 5.15. The van der Waals surface area contributed by atoms with E-state index in [1.807, 2.05) is 19.2 Å². The quantitative estimate of drug-likeness (QED) is 0.839. The largest absolute Gasteiger partial charge is 0.469 e. The van der Waals surface area contributed by atoms with Crippen LogP contribution >= 0.6 is 0 Å².